The lowest BCUT2D eigenvalue weighted by molar-refractivity contribution is -0.122. The highest BCUT2D eigenvalue weighted by Gasteiger charge is 2.56. The molecule has 0 saturated heterocycles. The van der Waals surface area contributed by atoms with Crippen LogP contribution in [0.25, 0.3) is 0 Å². The van der Waals surface area contributed by atoms with Crippen molar-refractivity contribution < 1.29 is 23.0 Å². The molecule has 1 atom stereocenters. The number of carbonyl (C=O) groups is 1. The number of hydrogen-bond acceptors (Lipinski definition) is 5. The van der Waals surface area contributed by atoms with Crippen molar-refractivity contribution in [1.82, 2.24) is 5.32 Å². The van der Waals surface area contributed by atoms with Crippen molar-refractivity contribution in [2.75, 3.05) is 18.5 Å². The van der Waals surface area contributed by atoms with Crippen LogP contribution in [0.1, 0.15) is 12.8 Å². The van der Waals surface area contributed by atoms with E-state index in [1.165, 1.54) is 20.2 Å². The molecule has 0 heterocycles. The number of ether oxygens (including phenoxy) is 2. The molecule has 3 rings (SSSR count). The standard InChI is InChI=1S/C18H17BrCl2N2O5S/c1-22-17(24)18(5-6-18)23(29(25)26)14-9-11(3-4-15(14)27-2)28-16-12(20)7-10(19)8-13(16)21/h3-4,7-9H,5-6H2,1-2H3,(H,22,24)(H,25,26)/p-1. The maximum Gasteiger partial charge on any atom is 0.246 e. The first-order valence-corrected chi connectivity index (χ1v) is 10.9. The number of methoxy groups -OCH3 is 1. The van der Waals surface area contributed by atoms with E-state index in [1.807, 2.05) is 0 Å². The third-order valence-electron chi connectivity index (χ3n) is 4.46. The predicted octanol–water partition coefficient (Wildman–Crippen LogP) is 4.44. The zero-order valence-electron chi connectivity index (χ0n) is 15.3. The van der Waals surface area contributed by atoms with Crippen molar-refractivity contribution in [2.24, 2.45) is 0 Å². The summed E-state index contributed by atoms with van der Waals surface area (Å²) in [7, 11) is 2.87. The lowest BCUT2D eigenvalue weighted by atomic mass is 10.2. The van der Waals surface area contributed by atoms with Crippen molar-refractivity contribution >= 4 is 62.0 Å². The fraction of sp³-hybridized carbons (Fsp3) is 0.278. The maximum atomic E-state index is 12.4. The number of halogens is 3. The van der Waals surface area contributed by atoms with Crippen LogP contribution >= 0.6 is 39.1 Å². The van der Waals surface area contributed by atoms with Gasteiger partial charge in [-0.05, 0) is 37.1 Å². The van der Waals surface area contributed by atoms with E-state index in [1.54, 1.807) is 24.3 Å². The average molecular weight is 523 g/mol. The van der Waals surface area contributed by atoms with E-state index in [9.17, 15) is 13.6 Å². The van der Waals surface area contributed by atoms with Crippen LogP contribution in [0.2, 0.25) is 10.0 Å². The molecule has 1 N–H and O–H groups in total. The summed E-state index contributed by atoms with van der Waals surface area (Å²) in [4.78, 5) is 12.4. The summed E-state index contributed by atoms with van der Waals surface area (Å²) in [6, 6.07) is 7.84. The van der Waals surface area contributed by atoms with Gasteiger partial charge in [0.2, 0.25) is 5.91 Å². The summed E-state index contributed by atoms with van der Waals surface area (Å²) >= 11 is 13.0. The van der Waals surface area contributed by atoms with Crippen LogP contribution in [0.5, 0.6) is 17.2 Å². The highest BCUT2D eigenvalue weighted by Crippen LogP contribution is 2.49. The van der Waals surface area contributed by atoms with Gasteiger partial charge in [0.1, 0.15) is 17.0 Å². The minimum absolute atomic E-state index is 0.170. The molecule has 29 heavy (non-hydrogen) atoms. The molecule has 1 unspecified atom stereocenters. The first-order chi connectivity index (χ1) is 13.7. The molecule has 0 spiro atoms. The summed E-state index contributed by atoms with van der Waals surface area (Å²) in [5, 5.41) is 3.07. The van der Waals surface area contributed by atoms with Crippen molar-refractivity contribution in [3.05, 3.63) is 44.8 Å². The van der Waals surface area contributed by atoms with E-state index in [0.717, 1.165) is 4.31 Å². The fourth-order valence-electron chi connectivity index (χ4n) is 2.96. The first kappa shape index (κ1) is 22.2. The lowest BCUT2D eigenvalue weighted by Gasteiger charge is -2.34. The molecule has 0 aliphatic heterocycles. The Kier molecular flexibility index (Phi) is 6.64. The normalized spacial score (nSPS) is 15.4. The first-order valence-electron chi connectivity index (χ1n) is 8.35. The fourth-order valence-corrected chi connectivity index (χ4v) is 5.10. The quantitative estimate of drug-likeness (QED) is 0.543. The van der Waals surface area contributed by atoms with Crippen LogP contribution in [0.3, 0.4) is 0 Å². The zero-order chi connectivity index (χ0) is 21.3. The Hall–Kier alpha value is -1.52. The minimum Gasteiger partial charge on any atom is -0.755 e. The van der Waals surface area contributed by atoms with Crippen molar-refractivity contribution in [3.63, 3.8) is 0 Å². The topological polar surface area (TPSA) is 90.9 Å². The van der Waals surface area contributed by atoms with Crippen LogP contribution in [0, 0.1) is 0 Å². The molecule has 1 amide bonds. The Morgan fingerprint density at radius 2 is 1.90 bits per heavy atom. The number of likely N-dealkylation sites (N-methyl/N-ethyl adjacent to an activating group) is 1. The Morgan fingerprint density at radius 1 is 1.28 bits per heavy atom. The number of carbonyl (C=O) groups excluding carboxylic acids is 1. The maximum absolute atomic E-state index is 12.4. The van der Waals surface area contributed by atoms with Gasteiger partial charge in [-0.2, -0.15) is 0 Å². The molecule has 1 saturated carbocycles. The second-order valence-electron chi connectivity index (χ2n) is 6.26. The molecular formula is C18H16BrCl2N2O5S-. The number of nitrogens with one attached hydrogen (secondary N) is 1. The van der Waals surface area contributed by atoms with Gasteiger partial charge < -0.3 is 19.3 Å². The summed E-state index contributed by atoms with van der Waals surface area (Å²) in [5.41, 5.74) is -1.02. The Labute approximate surface area is 188 Å². The molecule has 0 aromatic heterocycles. The van der Waals surface area contributed by atoms with Crippen LogP contribution in [-0.2, 0) is 16.1 Å². The van der Waals surface area contributed by atoms with Crippen LogP contribution in [0.4, 0.5) is 5.69 Å². The summed E-state index contributed by atoms with van der Waals surface area (Å²) in [6.45, 7) is 0. The van der Waals surface area contributed by atoms with E-state index in [-0.39, 0.29) is 33.0 Å². The van der Waals surface area contributed by atoms with Gasteiger partial charge in [-0.1, -0.05) is 39.1 Å². The lowest BCUT2D eigenvalue weighted by Crippen LogP contribution is -2.49. The summed E-state index contributed by atoms with van der Waals surface area (Å²) in [5.74, 6) is 0.365. The van der Waals surface area contributed by atoms with Crippen molar-refractivity contribution in [1.29, 1.82) is 0 Å². The second-order valence-corrected chi connectivity index (χ2v) is 8.79. The molecule has 2 aromatic carbocycles. The third-order valence-corrected chi connectivity index (χ3v) is 6.33. The monoisotopic (exact) mass is 521 g/mol. The molecule has 7 nitrogen and oxygen atoms in total. The molecule has 2 aromatic rings. The number of anilines is 1. The Morgan fingerprint density at radius 3 is 2.38 bits per heavy atom. The van der Waals surface area contributed by atoms with E-state index in [2.05, 4.69) is 21.2 Å². The summed E-state index contributed by atoms with van der Waals surface area (Å²) in [6.07, 6.45) is 0.776. The number of amides is 1. The molecule has 0 bridgehead atoms. The SMILES string of the molecule is CNC(=O)C1(N(c2cc(Oc3c(Cl)cc(Br)cc3Cl)ccc2OC)S(=O)[O-])CC1. The zero-order valence-corrected chi connectivity index (χ0v) is 19.2. The second kappa shape index (κ2) is 8.69. The molecule has 1 fully saturated rings. The Balaban J connectivity index is 2.06. The highest BCUT2D eigenvalue weighted by molar-refractivity contribution is 9.10. The number of benzene rings is 2. The molecule has 0 radical (unpaired) electrons. The minimum atomic E-state index is -2.73. The van der Waals surface area contributed by atoms with Crippen molar-refractivity contribution in [3.8, 4) is 17.2 Å². The summed E-state index contributed by atoms with van der Waals surface area (Å²) < 4.78 is 37.0. The largest absolute Gasteiger partial charge is 0.755 e. The van der Waals surface area contributed by atoms with Gasteiger partial charge in [-0.3, -0.25) is 13.3 Å². The smallest absolute Gasteiger partial charge is 0.246 e. The highest BCUT2D eigenvalue weighted by atomic mass is 79.9. The van der Waals surface area contributed by atoms with E-state index < -0.39 is 22.7 Å². The number of hydrogen-bond donors (Lipinski definition) is 1. The average Bonchev–Trinajstić information content (AvgIpc) is 3.45. The van der Waals surface area contributed by atoms with Gasteiger partial charge in [0.05, 0.1) is 22.8 Å². The van der Waals surface area contributed by atoms with Crippen molar-refractivity contribution in [2.45, 2.75) is 18.4 Å². The van der Waals surface area contributed by atoms with Crippen LogP contribution in [-0.4, -0.2) is 34.4 Å². The van der Waals surface area contributed by atoms with Gasteiger partial charge in [-0.25, -0.2) is 0 Å². The van der Waals surface area contributed by atoms with Crippen LogP contribution in [0.15, 0.2) is 34.8 Å². The van der Waals surface area contributed by atoms with E-state index >= 15 is 0 Å². The van der Waals surface area contributed by atoms with Crippen LogP contribution < -0.4 is 19.1 Å². The van der Waals surface area contributed by atoms with Gasteiger partial charge in [-0.15, -0.1) is 0 Å². The van der Waals surface area contributed by atoms with Gasteiger partial charge in [0.25, 0.3) is 0 Å². The predicted molar refractivity (Wildman–Crippen MR) is 115 cm³/mol. The molecule has 1 aliphatic carbocycles. The number of rotatable bonds is 7. The van der Waals surface area contributed by atoms with E-state index in [0.29, 0.717) is 17.3 Å². The Bertz CT molecular complexity index is 964. The molecule has 1 aliphatic rings. The molecular weight excluding hydrogens is 507 g/mol. The third kappa shape index (κ3) is 4.34. The number of nitrogens with zero attached hydrogens (tertiary/aromatic N) is 1. The van der Waals surface area contributed by atoms with Gasteiger partial charge >= 0.3 is 0 Å². The molecule has 11 heteroatoms. The molecule has 156 valence electrons. The van der Waals surface area contributed by atoms with E-state index in [4.69, 9.17) is 32.7 Å². The van der Waals surface area contributed by atoms with Gasteiger partial charge in [0.15, 0.2) is 5.75 Å². The van der Waals surface area contributed by atoms with Gasteiger partial charge in [0, 0.05) is 28.9 Å².